The van der Waals surface area contributed by atoms with E-state index in [1.54, 1.807) is 0 Å². The summed E-state index contributed by atoms with van der Waals surface area (Å²) < 4.78 is 6.59. The van der Waals surface area contributed by atoms with Crippen LogP contribution < -0.4 is 8.92 Å². The third-order valence-corrected chi connectivity index (χ3v) is 6.93. The molecule has 0 radical (unpaired) electrons. The summed E-state index contributed by atoms with van der Waals surface area (Å²) in [6.45, 7) is 5.49. The van der Waals surface area contributed by atoms with Crippen LogP contribution in [0.5, 0.6) is 0 Å². The first-order valence-electron chi connectivity index (χ1n) is 7.20. The Kier molecular flexibility index (Phi) is 4.02. The van der Waals surface area contributed by atoms with Crippen LogP contribution in [0, 0.1) is 36.5 Å². The van der Waals surface area contributed by atoms with Gasteiger partial charge >= 0.3 is 135 Å². The Morgan fingerprint density at radius 3 is 1.82 bits per heavy atom. The first-order chi connectivity index (χ1) is 10.7. The molecule has 0 aromatic carbocycles. The second-order valence-corrected chi connectivity index (χ2v) is 7.41. The van der Waals surface area contributed by atoms with E-state index in [2.05, 4.69) is 36.2 Å². The van der Waals surface area contributed by atoms with Gasteiger partial charge in [-0.1, -0.05) is 0 Å². The predicted octanol–water partition coefficient (Wildman–Crippen LogP) is 0.0830. The van der Waals surface area contributed by atoms with Crippen molar-refractivity contribution in [3.8, 4) is 12.1 Å². The van der Waals surface area contributed by atoms with E-state index in [4.69, 9.17) is 10.5 Å². The second-order valence-electron chi connectivity index (χ2n) is 5.26. The van der Waals surface area contributed by atoms with E-state index in [0.29, 0.717) is 25.9 Å². The van der Waals surface area contributed by atoms with Crippen molar-refractivity contribution in [2.24, 2.45) is 0 Å². The average molecular weight is 359 g/mol. The molecular formula is C15H16N6Se. The normalized spacial score (nSPS) is 12.4. The van der Waals surface area contributed by atoms with E-state index in [9.17, 15) is 0 Å². The molecule has 3 heterocycles. The number of aromatic nitrogens is 4. The van der Waals surface area contributed by atoms with Crippen molar-refractivity contribution in [3.63, 3.8) is 0 Å². The van der Waals surface area contributed by atoms with Crippen molar-refractivity contribution in [1.29, 1.82) is 10.5 Å². The van der Waals surface area contributed by atoms with Crippen LogP contribution in [0.15, 0.2) is 0 Å². The fraction of sp³-hybridized carbons (Fsp3) is 0.467. The maximum absolute atomic E-state index is 8.75. The third kappa shape index (κ3) is 2.43. The first kappa shape index (κ1) is 14.8. The van der Waals surface area contributed by atoms with Gasteiger partial charge in [0.05, 0.1) is 0 Å². The van der Waals surface area contributed by atoms with Gasteiger partial charge in [-0.2, -0.15) is 0 Å². The van der Waals surface area contributed by atoms with Gasteiger partial charge in [0.15, 0.2) is 0 Å². The molecule has 0 N–H and O–H groups in total. The molecule has 0 saturated heterocycles. The minimum atomic E-state index is 0.201. The van der Waals surface area contributed by atoms with Crippen LogP contribution in [0.1, 0.15) is 35.6 Å². The summed E-state index contributed by atoms with van der Waals surface area (Å²) in [7, 11) is 0. The standard InChI is InChI=1S/C15H16N6Se/c1-10-14-12(18-20(10)7-3-5-16)9-13-15(22-14)11(2)21(19-13)8-4-6-17/h3-4,7-9H2,1-2H3. The van der Waals surface area contributed by atoms with Gasteiger partial charge < -0.3 is 0 Å². The summed E-state index contributed by atoms with van der Waals surface area (Å²) in [5, 5.41) is 26.8. The molecule has 0 bridgehead atoms. The molecule has 0 fully saturated rings. The Bertz CT molecular complexity index is 735. The molecule has 0 aliphatic carbocycles. The fourth-order valence-electron chi connectivity index (χ4n) is 2.69. The Hall–Kier alpha value is -2.08. The van der Waals surface area contributed by atoms with Crippen LogP contribution in [-0.2, 0) is 19.5 Å². The summed E-state index contributed by atoms with van der Waals surface area (Å²) in [5.41, 5.74) is 4.57. The molecule has 1 aliphatic heterocycles. The number of hydrogen-bond acceptors (Lipinski definition) is 4. The SMILES string of the molecule is Cc1c2c(nn1CCC#N)Cc1nn(CCC#N)c(C)c1[Se]2. The zero-order valence-electron chi connectivity index (χ0n) is 12.6. The number of hydrogen-bond donors (Lipinski definition) is 0. The van der Waals surface area contributed by atoms with Crippen molar-refractivity contribution in [1.82, 2.24) is 19.6 Å². The number of aryl methyl sites for hydroxylation is 2. The van der Waals surface area contributed by atoms with E-state index in [0.717, 1.165) is 17.8 Å². The van der Waals surface area contributed by atoms with E-state index >= 15 is 0 Å². The molecule has 3 rings (SSSR count). The summed E-state index contributed by atoms with van der Waals surface area (Å²) in [6, 6.07) is 4.35. The first-order valence-corrected chi connectivity index (χ1v) is 8.91. The van der Waals surface area contributed by atoms with Crippen LogP contribution in [-0.4, -0.2) is 34.5 Å². The summed E-state index contributed by atoms with van der Waals surface area (Å²) in [6.07, 6.45) is 1.73. The van der Waals surface area contributed by atoms with Gasteiger partial charge in [-0.05, 0) is 0 Å². The molecule has 0 spiro atoms. The van der Waals surface area contributed by atoms with Gasteiger partial charge in [-0.3, -0.25) is 0 Å². The molecule has 0 amide bonds. The molecule has 0 saturated carbocycles. The molecule has 1 aliphatic rings. The summed E-state index contributed by atoms with van der Waals surface area (Å²) >= 11 is 0.201. The predicted molar refractivity (Wildman–Crippen MR) is 82.2 cm³/mol. The van der Waals surface area contributed by atoms with Crippen LogP contribution >= 0.6 is 0 Å². The van der Waals surface area contributed by atoms with E-state index in [1.165, 1.54) is 20.3 Å². The Morgan fingerprint density at radius 1 is 0.955 bits per heavy atom. The van der Waals surface area contributed by atoms with Crippen LogP contribution in [0.25, 0.3) is 0 Å². The molecule has 0 unspecified atom stereocenters. The zero-order chi connectivity index (χ0) is 15.7. The van der Waals surface area contributed by atoms with Crippen molar-refractivity contribution < 1.29 is 0 Å². The maximum atomic E-state index is 8.75. The second kappa shape index (κ2) is 5.96. The molecule has 112 valence electrons. The molecule has 2 aromatic rings. The van der Waals surface area contributed by atoms with Gasteiger partial charge in [0.2, 0.25) is 0 Å². The number of nitriles is 2. The van der Waals surface area contributed by atoms with E-state index < -0.39 is 0 Å². The molecule has 22 heavy (non-hydrogen) atoms. The van der Waals surface area contributed by atoms with Gasteiger partial charge in [-0.15, -0.1) is 0 Å². The van der Waals surface area contributed by atoms with Crippen molar-refractivity contribution in [3.05, 3.63) is 22.8 Å². The van der Waals surface area contributed by atoms with Gasteiger partial charge in [0.1, 0.15) is 0 Å². The number of nitrogens with zero attached hydrogens (tertiary/aromatic N) is 6. The van der Waals surface area contributed by atoms with Crippen LogP contribution in [0.2, 0.25) is 0 Å². The third-order valence-electron chi connectivity index (χ3n) is 3.85. The summed E-state index contributed by atoms with van der Waals surface area (Å²) in [4.78, 5) is 0. The fourth-order valence-corrected chi connectivity index (χ4v) is 5.15. The monoisotopic (exact) mass is 360 g/mol. The Labute approximate surface area is 135 Å². The van der Waals surface area contributed by atoms with Crippen LogP contribution in [0.4, 0.5) is 0 Å². The number of rotatable bonds is 4. The van der Waals surface area contributed by atoms with Crippen LogP contribution in [0.3, 0.4) is 0 Å². The summed E-state index contributed by atoms with van der Waals surface area (Å²) in [5.74, 6) is 0. The Morgan fingerprint density at radius 2 is 1.41 bits per heavy atom. The molecule has 7 heteroatoms. The van der Waals surface area contributed by atoms with Crippen molar-refractivity contribution in [2.45, 2.75) is 46.2 Å². The zero-order valence-corrected chi connectivity index (χ0v) is 14.3. The molecular weight excluding hydrogens is 343 g/mol. The van der Waals surface area contributed by atoms with Crippen molar-refractivity contribution >= 4 is 23.9 Å². The Balaban J connectivity index is 1.91. The quantitative estimate of drug-likeness (QED) is 0.618. The van der Waals surface area contributed by atoms with Gasteiger partial charge in [0.25, 0.3) is 0 Å². The van der Waals surface area contributed by atoms with E-state index in [-0.39, 0.29) is 15.0 Å². The molecule has 0 atom stereocenters. The average Bonchev–Trinajstić information content (AvgIpc) is 2.99. The van der Waals surface area contributed by atoms with Gasteiger partial charge in [-0.25, -0.2) is 0 Å². The molecule has 2 aromatic heterocycles. The number of fused-ring (bicyclic) bond motifs is 2. The van der Waals surface area contributed by atoms with Gasteiger partial charge in [0, 0.05) is 0 Å². The van der Waals surface area contributed by atoms with Crippen molar-refractivity contribution in [2.75, 3.05) is 0 Å². The minimum absolute atomic E-state index is 0.201. The van der Waals surface area contributed by atoms with E-state index in [1.807, 2.05) is 9.36 Å². The topological polar surface area (TPSA) is 83.2 Å². The molecule has 6 nitrogen and oxygen atoms in total.